The zero-order chi connectivity index (χ0) is 13.9. The number of ether oxygens (including phenoxy) is 2. The molecule has 2 aliphatic rings. The molecule has 1 aromatic rings. The van der Waals surface area contributed by atoms with Gasteiger partial charge in [0.25, 0.3) is 0 Å². The Balaban J connectivity index is 1.48. The van der Waals surface area contributed by atoms with Crippen molar-refractivity contribution in [3.63, 3.8) is 0 Å². The van der Waals surface area contributed by atoms with Gasteiger partial charge >= 0.3 is 0 Å². The van der Waals surface area contributed by atoms with Crippen LogP contribution in [0.2, 0.25) is 0 Å². The first-order valence-corrected chi connectivity index (χ1v) is 8.02. The highest BCUT2D eigenvalue weighted by Gasteiger charge is 2.31. The van der Waals surface area contributed by atoms with E-state index >= 15 is 0 Å². The van der Waals surface area contributed by atoms with Crippen molar-refractivity contribution in [1.82, 2.24) is 9.88 Å². The summed E-state index contributed by atoms with van der Waals surface area (Å²) in [5.74, 6) is 0.616. The average Bonchev–Trinajstić information content (AvgIpc) is 3.11. The lowest BCUT2D eigenvalue weighted by molar-refractivity contribution is -0.136. The molecule has 0 N–H and O–H groups in total. The number of carbonyl (C=O) groups is 1. The molecule has 0 atom stereocenters. The fourth-order valence-electron chi connectivity index (χ4n) is 2.83. The minimum absolute atomic E-state index is 0.0477. The number of hydrogen-bond donors (Lipinski definition) is 0. The second-order valence-corrected chi connectivity index (χ2v) is 6.43. The van der Waals surface area contributed by atoms with Gasteiger partial charge in [-0.15, -0.1) is 11.3 Å². The van der Waals surface area contributed by atoms with E-state index in [2.05, 4.69) is 4.98 Å². The van der Waals surface area contributed by atoms with Crippen LogP contribution in [0.5, 0.6) is 0 Å². The molecule has 3 heterocycles. The Bertz CT molecular complexity index is 463. The van der Waals surface area contributed by atoms with Crippen molar-refractivity contribution < 1.29 is 14.3 Å². The average molecular weight is 296 g/mol. The van der Waals surface area contributed by atoms with Crippen LogP contribution in [0.15, 0.2) is 5.38 Å². The third-order valence-corrected chi connectivity index (χ3v) is 4.75. The van der Waals surface area contributed by atoms with E-state index in [-0.39, 0.29) is 12.2 Å². The topological polar surface area (TPSA) is 51.7 Å². The molecule has 2 aliphatic heterocycles. The number of likely N-dealkylation sites (tertiary alicyclic amines) is 1. The van der Waals surface area contributed by atoms with E-state index < -0.39 is 0 Å². The highest BCUT2D eigenvalue weighted by molar-refractivity contribution is 7.09. The van der Waals surface area contributed by atoms with Crippen LogP contribution in [0.25, 0.3) is 0 Å². The molecular formula is C14H20N2O3S. The smallest absolute Gasteiger partial charge is 0.228 e. The second kappa shape index (κ2) is 6.20. The summed E-state index contributed by atoms with van der Waals surface area (Å²) in [4.78, 5) is 18.5. The van der Waals surface area contributed by atoms with Gasteiger partial charge in [-0.25, -0.2) is 4.98 Å². The fourth-order valence-corrected chi connectivity index (χ4v) is 3.44. The van der Waals surface area contributed by atoms with Crippen LogP contribution in [-0.4, -0.2) is 48.4 Å². The first-order chi connectivity index (χ1) is 9.72. The van der Waals surface area contributed by atoms with Crippen LogP contribution in [0.1, 0.15) is 23.5 Å². The Kier molecular flexibility index (Phi) is 4.33. The minimum Gasteiger partial charge on any atom is -0.350 e. The summed E-state index contributed by atoms with van der Waals surface area (Å²) >= 11 is 1.60. The minimum atomic E-state index is -0.0477. The lowest BCUT2D eigenvalue weighted by Crippen LogP contribution is -2.42. The molecule has 3 rings (SSSR count). The van der Waals surface area contributed by atoms with Crippen LogP contribution >= 0.6 is 11.3 Å². The lowest BCUT2D eigenvalue weighted by Gasteiger charge is -2.33. The molecule has 5 nitrogen and oxygen atoms in total. The SMILES string of the molecule is Cc1nc(CC(=O)N2CCC(C3OCCO3)CC2)cs1. The van der Waals surface area contributed by atoms with E-state index in [1.165, 1.54) is 0 Å². The maximum atomic E-state index is 12.2. The number of amides is 1. The number of thiazole rings is 1. The van der Waals surface area contributed by atoms with Gasteiger partial charge in [0.15, 0.2) is 6.29 Å². The molecule has 6 heteroatoms. The van der Waals surface area contributed by atoms with Gasteiger partial charge in [-0.1, -0.05) is 0 Å². The van der Waals surface area contributed by atoms with Crippen molar-refractivity contribution in [2.75, 3.05) is 26.3 Å². The third-order valence-electron chi connectivity index (χ3n) is 3.92. The number of piperidine rings is 1. The fraction of sp³-hybridized carbons (Fsp3) is 0.714. The maximum Gasteiger partial charge on any atom is 0.228 e. The molecule has 110 valence electrons. The molecule has 0 bridgehead atoms. The van der Waals surface area contributed by atoms with Gasteiger partial charge in [-0.05, 0) is 19.8 Å². The predicted molar refractivity (Wildman–Crippen MR) is 75.6 cm³/mol. The summed E-state index contributed by atoms with van der Waals surface area (Å²) in [6, 6.07) is 0. The highest BCUT2D eigenvalue weighted by Crippen LogP contribution is 2.26. The van der Waals surface area contributed by atoms with E-state index in [9.17, 15) is 4.79 Å². The molecule has 1 amide bonds. The van der Waals surface area contributed by atoms with Crippen molar-refractivity contribution in [2.24, 2.45) is 5.92 Å². The lowest BCUT2D eigenvalue weighted by atomic mass is 9.96. The quantitative estimate of drug-likeness (QED) is 0.850. The number of hydrogen-bond acceptors (Lipinski definition) is 5. The van der Waals surface area contributed by atoms with Crippen LogP contribution in [-0.2, 0) is 20.7 Å². The summed E-state index contributed by atoms with van der Waals surface area (Å²) in [6.45, 7) is 4.97. The molecule has 1 aromatic heterocycles. The van der Waals surface area contributed by atoms with E-state index in [1.54, 1.807) is 11.3 Å². The third kappa shape index (κ3) is 3.19. The second-order valence-electron chi connectivity index (χ2n) is 5.36. The van der Waals surface area contributed by atoms with E-state index in [4.69, 9.17) is 9.47 Å². The number of nitrogens with zero attached hydrogens (tertiary/aromatic N) is 2. The molecule has 0 radical (unpaired) electrons. The van der Waals surface area contributed by atoms with Crippen molar-refractivity contribution in [1.29, 1.82) is 0 Å². The van der Waals surface area contributed by atoms with Crippen molar-refractivity contribution in [3.05, 3.63) is 16.1 Å². The first-order valence-electron chi connectivity index (χ1n) is 7.14. The van der Waals surface area contributed by atoms with Gasteiger partial charge < -0.3 is 14.4 Å². The molecule has 20 heavy (non-hydrogen) atoms. The zero-order valence-corrected chi connectivity index (χ0v) is 12.5. The van der Waals surface area contributed by atoms with Crippen LogP contribution in [0, 0.1) is 12.8 Å². The first kappa shape index (κ1) is 14.0. The van der Waals surface area contributed by atoms with Gasteiger partial charge in [0.05, 0.1) is 30.3 Å². The van der Waals surface area contributed by atoms with Crippen LogP contribution in [0.4, 0.5) is 0 Å². The number of aryl methyl sites for hydroxylation is 1. The van der Waals surface area contributed by atoms with Crippen molar-refractivity contribution in [3.8, 4) is 0 Å². The molecule has 0 aromatic carbocycles. The molecular weight excluding hydrogens is 276 g/mol. The normalized spacial score (nSPS) is 21.6. The van der Waals surface area contributed by atoms with Gasteiger partial charge in [-0.3, -0.25) is 4.79 Å². The summed E-state index contributed by atoms with van der Waals surface area (Å²) < 4.78 is 11.1. The standard InChI is InChI=1S/C14H20N2O3S/c1-10-15-12(9-20-10)8-13(17)16-4-2-11(3-5-16)14-18-6-7-19-14/h9,11,14H,2-8H2,1H3. The van der Waals surface area contributed by atoms with Crippen LogP contribution in [0.3, 0.4) is 0 Å². The Hall–Kier alpha value is -0.980. The van der Waals surface area contributed by atoms with Crippen molar-refractivity contribution >= 4 is 17.2 Å². The highest BCUT2D eigenvalue weighted by atomic mass is 32.1. The number of rotatable bonds is 3. The predicted octanol–water partition coefficient (Wildman–Crippen LogP) is 1.61. The van der Waals surface area contributed by atoms with E-state index in [0.29, 0.717) is 25.6 Å². The number of aromatic nitrogens is 1. The Morgan fingerprint density at radius 2 is 2.10 bits per heavy atom. The Morgan fingerprint density at radius 3 is 2.70 bits per heavy atom. The van der Waals surface area contributed by atoms with E-state index in [0.717, 1.165) is 36.6 Å². The Labute approximate surface area is 122 Å². The summed E-state index contributed by atoms with van der Waals surface area (Å²) in [5.41, 5.74) is 0.891. The summed E-state index contributed by atoms with van der Waals surface area (Å²) in [5, 5.41) is 2.99. The van der Waals surface area contributed by atoms with Gasteiger partial charge in [0, 0.05) is 24.4 Å². The molecule has 0 spiro atoms. The van der Waals surface area contributed by atoms with Crippen LogP contribution < -0.4 is 0 Å². The summed E-state index contributed by atoms with van der Waals surface area (Å²) in [7, 11) is 0. The zero-order valence-electron chi connectivity index (χ0n) is 11.7. The van der Waals surface area contributed by atoms with Gasteiger partial charge in [0.2, 0.25) is 5.91 Å². The largest absolute Gasteiger partial charge is 0.350 e. The van der Waals surface area contributed by atoms with E-state index in [1.807, 2.05) is 17.2 Å². The Morgan fingerprint density at radius 1 is 1.40 bits per heavy atom. The monoisotopic (exact) mass is 296 g/mol. The molecule has 2 fully saturated rings. The molecule has 2 saturated heterocycles. The molecule has 0 unspecified atom stereocenters. The maximum absolute atomic E-state index is 12.2. The number of carbonyl (C=O) groups excluding carboxylic acids is 1. The summed E-state index contributed by atoms with van der Waals surface area (Å²) in [6.07, 6.45) is 2.30. The molecule has 0 saturated carbocycles. The van der Waals surface area contributed by atoms with Crippen molar-refractivity contribution in [2.45, 2.75) is 32.5 Å². The molecule has 0 aliphatic carbocycles. The van der Waals surface area contributed by atoms with Gasteiger partial charge in [0.1, 0.15) is 0 Å². The van der Waals surface area contributed by atoms with Gasteiger partial charge in [-0.2, -0.15) is 0 Å².